The van der Waals surface area contributed by atoms with Gasteiger partial charge in [-0.2, -0.15) is 13.2 Å². The van der Waals surface area contributed by atoms with Gasteiger partial charge in [0.15, 0.2) is 5.96 Å². The summed E-state index contributed by atoms with van der Waals surface area (Å²) >= 11 is 1.77. The van der Waals surface area contributed by atoms with Crippen LogP contribution in [0.4, 0.5) is 13.2 Å². The van der Waals surface area contributed by atoms with Gasteiger partial charge < -0.3 is 10.2 Å². The van der Waals surface area contributed by atoms with Crippen molar-refractivity contribution in [3.63, 3.8) is 0 Å². The largest absolute Gasteiger partial charge is 0.403 e. The summed E-state index contributed by atoms with van der Waals surface area (Å²) < 4.78 is 38.4. The molecule has 0 spiro atoms. The van der Waals surface area contributed by atoms with Gasteiger partial charge in [-0.3, -0.25) is 9.89 Å². The van der Waals surface area contributed by atoms with E-state index >= 15 is 0 Å². The number of guanidine groups is 1. The molecule has 1 aromatic rings. The number of aliphatic imine (C=N–C) groups is 1. The van der Waals surface area contributed by atoms with Crippen LogP contribution in [0, 0.1) is 0 Å². The lowest BCUT2D eigenvalue weighted by atomic mass is 10.2. The Morgan fingerprint density at radius 2 is 1.88 bits per heavy atom. The lowest BCUT2D eigenvalue weighted by Gasteiger charge is -2.39. The maximum atomic E-state index is 12.8. The molecule has 1 aromatic heterocycles. The minimum absolute atomic E-state index is 0.389. The van der Waals surface area contributed by atoms with Crippen molar-refractivity contribution in [3.8, 4) is 0 Å². The number of nitrogens with one attached hydrogen (secondary N) is 1. The second kappa shape index (κ2) is 8.20. The van der Waals surface area contributed by atoms with Crippen LogP contribution >= 0.6 is 11.3 Å². The van der Waals surface area contributed by atoms with Crippen molar-refractivity contribution < 1.29 is 13.2 Å². The van der Waals surface area contributed by atoms with E-state index in [-0.39, 0.29) is 0 Å². The second-order valence-electron chi connectivity index (χ2n) is 5.86. The zero-order valence-corrected chi connectivity index (χ0v) is 15.2. The standard InChI is InChI=1S/C16H25F3N4S/c1-4-13-5-6-14(24-13)11-21-15(20-3)23-9-7-22(8-10-23)12(2)16(17,18)19/h5-6,12H,4,7-11H2,1-3H3,(H,20,21). The lowest BCUT2D eigenvalue weighted by molar-refractivity contribution is -0.181. The summed E-state index contributed by atoms with van der Waals surface area (Å²) in [4.78, 5) is 10.3. The first kappa shape index (κ1) is 19.1. The van der Waals surface area contributed by atoms with E-state index in [0.29, 0.717) is 32.7 Å². The second-order valence-corrected chi connectivity index (χ2v) is 7.12. The molecule has 136 valence electrons. The van der Waals surface area contributed by atoms with Crippen LogP contribution in [-0.2, 0) is 13.0 Å². The molecule has 4 nitrogen and oxygen atoms in total. The third-order valence-corrected chi connectivity index (χ3v) is 5.56. The molecule has 1 saturated heterocycles. The summed E-state index contributed by atoms with van der Waals surface area (Å²) in [6.07, 6.45) is -3.14. The van der Waals surface area contributed by atoms with Gasteiger partial charge in [0.25, 0.3) is 0 Å². The van der Waals surface area contributed by atoms with Crippen LogP contribution in [0.5, 0.6) is 0 Å². The fraction of sp³-hybridized carbons (Fsp3) is 0.688. The summed E-state index contributed by atoms with van der Waals surface area (Å²) in [5.74, 6) is 0.751. The van der Waals surface area contributed by atoms with Crippen molar-refractivity contribution in [1.29, 1.82) is 0 Å². The van der Waals surface area contributed by atoms with E-state index in [0.717, 1.165) is 12.4 Å². The Morgan fingerprint density at radius 3 is 2.38 bits per heavy atom. The first-order valence-corrected chi connectivity index (χ1v) is 9.00. The van der Waals surface area contributed by atoms with Gasteiger partial charge in [0.05, 0.1) is 6.54 Å². The Morgan fingerprint density at radius 1 is 1.25 bits per heavy atom. The average Bonchev–Trinajstić information content (AvgIpc) is 3.02. The molecular weight excluding hydrogens is 337 g/mol. The van der Waals surface area contributed by atoms with E-state index in [2.05, 4.69) is 29.4 Å². The average molecular weight is 362 g/mol. The topological polar surface area (TPSA) is 30.9 Å². The highest BCUT2D eigenvalue weighted by Gasteiger charge is 2.41. The predicted molar refractivity (Wildman–Crippen MR) is 92.6 cm³/mol. The van der Waals surface area contributed by atoms with Crippen LogP contribution in [0.3, 0.4) is 0 Å². The van der Waals surface area contributed by atoms with E-state index < -0.39 is 12.2 Å². The van der Waals surface area contributed by atoms with Gasteiger partial charge in [-0.1, -0.05) is 6.92 Å². The number of rotatable bonds is 4. The van der Waals surface area contributed by atoms with Crippen LogP contribution in [0.15, 0.2) is 17.1 Å². The van der Waals surface area contributed by atoms with Crippen LogP contribution in [-0.4, -0.2) is 61.2 Å². The molecule has 0 radical (unpaired) electrons. The van der Waals surface area contributed by atoms with Gasteiger partial charge in [-0.25, -0.2) is 0 Å². The summed E-state index contributed by atoms with van der Waals surface area (Å²) in [5, 5.41) is 3.31. The molecular formula is C16H25F3N4S. The number of hydrogen-bond donors (Lipinski definition) is 1. The van der Waals surface area contributed by atoms with E-state index in [1.807, 2.05) is 4.90 Å². The Kier molecular flexibility index (Phi) is 6.51. The smallest absolute Gasteiger partial charge is 0.351 e. The third-order valence-electron chi connectivity index (χ3n) is 4.33. The highest BCUT2D eigenvalue weighted by atomic mass is 32.1. The number of halogens is 3. The Bertz CT molecular complexity index is 548. The van der Waals surface area contributed by atoms with Crippen molar-refractivity contribution in [2.45, 2.75) is 39.0 Å². The molecule has 24 heavy (non-hydrogen) atoms. The molecule has 1 unspecified atom stereocenters. The SMILES string of the molecule is CCc1ccc(CNC(=NC)N2CCN(C(C)C(F)(F)F)CC2)s1. The molecule has 0 aromatic carbocycles. The minimum atomic E-state index is -4.17. The quantitative estimate of drug-likeness (QED) is 0.660. The number of hydrogen-bond acceptors (Lipinski definition) is 3. The molecule has 1 N–H and O–H groups in total. The molecule has 1 aliphatic heterocycles. The molecule has 0 saturated carbocycles. The van der Waals surface area contributed by atoms with Crippen LogP contribution < -0.4 is 5.32 Å². The number of aryl methyl sites for hydroxylation is 1. The zero-order valence-electron chi connectivity index (χ0n) is 14.4. The first-order valence-electron chi connectivity index (χ1n) is 8.19. The predicted octanol–water partition coefficient (Wildman–Crippen LogP) is 2.95. The first-order chi connectivity index (χ1) is 11.3. The zero-order chi connectivity index (χ0) is 17.7. The van der Waals surface area contributed by atoms with E-state index in [1.165, 1.54) is 21.6 Å². The Hall–Kier alpha value is -1.28. The molecule has 2 heterocycles. The van der Waals surface area contributed by atoms with Gasteiger partial charge >= 0.3 is 6.18 Å². The number of nitrogens with zero attached hydrogens (tertiary/aromatic N) is 3. The molecule has 8 heteroatoms. The normalized spacial score (nSPS) is 18.8. The summed E-state index contributed by atoms with van der Waals surface area (Å²) in [6, 6.07) is 2.84. The third kappa shape index (κ3) is 4.86. The van der Waals surface area contributed by atoms with E-state index in [4.69, 9.17) is 0 Å². The number of thiophene rings is 1. The molecule has 0 bridgehead atoms. The number of alkyl halides is 3. The maximum Gasteiger partial charge on any atom is 0.403 e. The fourth-order valence-electron chi connectivity index (χ4n) is 2.73. The summed E-state index contributed by atoms with van der Waals surface area (Å²) in [7, 11) is 1.71. The summed E-state index contributed by atoms with van der Waals surface area (Å²) in [6.45, 7) is 5.92. The van der Waals surface area contributed by atoms with Gasteiger partial charge in [0, 0.05) is 43.0 Å². The Balaban J connectivity index is 1.85. The highest BCUT2D eigenvalue weighted by molar-refractivity contribution is 7.11. The highest BCUT2D eigenvalue weighted by Crippen LogP contribution is 2.25. The fourth-order valence-corrected chi connectivity index (χ4v) is 3.63. The van der Waals surface area contributed by atoms with Crippen LogP contribution in [0.1, 0.15) is 23.6 Å². The van der Waals surface area contributed by atoms with Gasteiger partial charge in [-0.05, 0) is 25.5 Å². The van der Waals surface area contributed by atoms with Crippen molar-refractivity contribution >= 4 is 17.3 Å². The van der Waals surface area contributed by atoms with Crippen molar-refractivity contribution in [2.24, 2.45) is 4.99 Å². The van der Waals surface area contributed by atoms with Gasteiger partial charge in [0.1, 0.15) is 6.04 Å². The van der Waals surface area contributed by atoms with E-state index in [9.17, 15) is 13.2 Å². The van der Waals surface area contributed by atoms with Crippen LogP contribution in [0.25, 0.3) is 0 Å². The van der Waals surface area contributed by atoms with Crippen molar-refractivity contribution in [3.05, 3.63) is 21.9 Å². The van der Waals surface area contributed by atoms with Gasteiger partial charge in [0.2, 0.25) is 0 Å². The molecule has 1 fully saturated rings. The monoisotopic (exact) mass is 362 g/mol. The van der Waals surface area contributed by atoms with Crippen molar-refractivity contribution in [2.75, 3.05) is 33.2 Å². The molecule has 1 atom stereocenters. The van der Waals surface area contributed by atoms with Crippen molar-refractivity contribution in [1.82, 2.24) is 15.1 Å². The molecule has 1 aliphatic rings. The Labute approximate surface area is 145 Å². The molecule has 0 aliphatic carbocycles. The minimum Gasteiger partial charge on any atom is -0.351 e. The van der Waals surface area contributed by atoms with E-state index in [1.54, 1.807) is 18.4 Å². The number of piperazine rings is 1. The van der Waals surface area contributed by atoms with Crippen LogP contribution in [0.2, 0.25) is 0 Å². The maximum absolute atomic E-state index is 12.8. The summed E-state index contributed by atoms with van der Waals surface area (Å²) in [5.41, 5.74) is 0. The lowest BCUT2D eigenvalue weighted by Crippen LogP contribution is -2.56. The van der Waals surface area contributed by atoms with Gasteiger partial charge in [-0.15, -0.1) is 11.3 Å². The molecule has 0 amide bonds. The molecule has 2 rings (SSSR count).